The third-order valence-electron chi connectivity index (χ3n) is 2.14. The molecule has 98 valence electrons. The van der Waals surface area contributed by atoms with Crippen molar-refractivity contribution in [3.63, 3.8) is 0 Å². The molecule has 0 aliphatic carbocycles. The lowest BCUT2D eigenvalue weighted by Crippen LogP contribution is -2.31. The molecule has 5 nitrogen and oxygen atoms in total. The van der Waals surface area contributed by atoms with Crippen molar-refractivity contribution >= 4 is 33.6 Å². The monoisotopic (exact) mass is 314 g/mol. The van der Waals surface area contributed by atoms with E-state index in [1.54, 1.807) is 6.07 Å². The Morgan fingerprint density at radius 3 is 2.56 bits per heavy atom. The summed E-state index contributed by atoms with van der Waals surface area (Å²) in [4.78, 5) is 22.3. The van der Waals surface area contributed by atoms with Gasteiger partial charge in [0.15, 0.2) is 0 Å². The van der Waals surface area contributed by atoms with E-state index >= 15 is 0 Å². The Labute approximate surface area is 114 Å². The second-order valence-corrected chi connectivity index (χ2v) is 5.08. The van der Waals surface area contributed by atoms with E-state index in [2.05, 4.69) is 26.6 Å². The maximum atomic E-state index is 11.5. The molecule has 0 atom stereocenters. The van der Waals surface area contributed by atoms with Gasteiger partial charge in [0.05, 0.1) is 11.3 Å². The smallest absolute Gasteiger partial charge is 0.335 e. The van der Waals surface area contributed by atoms with Crippen LogP contribution in [0.15, 0.2) is 22.7 Å². The van der Waals surface area contributed by atoms with Crippen LogP contribution in [0.4, 0.5) is 10.5 Å². The second kappa shape index (κ2) is 6.39. The molecule has 0 aliphatic rings. The molecule has 0 heterocycles. The minimum Gasteiger partial charge on any atom is -0.478 e. The normalized spacial score (nSPS) is 10.2. The molecule has 1 aromatic carbocycles. The van der Waals surface area contributed by atoms with Crippen molar-refractivity contribution in [1.82, 2.24) is 5.32 Å². The van der Waals surface area contributed by atoms with Gasteiger partial charge in [0.1, 0.15) is 0 Å². The van der Waals surface area contributed by atoms with Gasteiger partial charge in [0.2, 0.25) is 0 Å². The molecule has 18 heavy (non-hydrogen) atoms. The van der Waals surface area contributed by atoms with Crippen molar-refractivity contribution in [3.8, 4) is 0 Å². The van der Waals surface area contributed by atoms with Crippen molar-refractivity contribution in [2.75, 3.05) is 11.9 Å². The highest BCUT2D eigenvalue weighted by Gasteiger charge is 2.09. The summed E-state index contributed by atoms with van der Waals surface area (Å²) in [6.07, 6.45) is 0. The van der Waals surface area contributed by atoms with E-state index < -0.39 is 5.97 Å². The van der Waals surface area contributed by atoms with Gasteiger partial charge in [-0.2, -0.15) is 0 Å². The minimum atomic E-state index is -1.01. The molecule has 0 saturated heterocycles. The van der Waals surface area contributed by atoms with Crippen molar-refractivity contribution in [2.24, 2.45) is 5.92 Å². The van der Waals surface area contributed by atoms with E-state index in [0.717, 1.165) is 0 Å². The largest absolute Gasteiger partial charge is 0.478 e. The lowest BCUT2D eigenvalue weighted by molar-refractivity contribution is 0.0697. The predicted molar refractivity (Wildman–Crippen MR) is 73.0 cm³/mol. The summed E-state index contributed by atoms with van der Waals surface area (Å²) in [5.74, 6) is -0.639. The first kappa shape index (κ1) is 14.5. The van der Waals surface area contributed by atoms with Gasteiger partial charge in [0, 0.05) is 11.0 Å². The van der Waals surface area contributed by atoms with Gasteiger partial charge in [-0.25, -0.2) is 9.59 Å². The average molecular weight is 315 g/mol. The number of aromatic carboxylic acids is 1. The SMILES string of the molecule is CC(C)CNC(=O)Nc1ccc(C(=O)O)cc1Br. The van der Waals surface area contributed by atoms with E-state index in [1.807, 2.05) is 13.8 Å². The first-order valence-electron chi connectivity index (χ1n) is 5.48. The zero-order chi connectivity index (χ0) is 13.7. The maximum absolute atomic E-state index is 11.5. The van der Waals surface area contributed by atoms with Gasteiger partial charge in [-0.1, -0.05) is 13.8 Å². The van der Waals surface area contributed by atoms with Gasteiger partial charge in [0.25, 0.3) is 0 Å². The van der Waals surface area contributed by atoms with Crippen LogP contribution in [0.25, 0.3) is 0 Å². The number of anilines is 1. The number of rotatable bonds is 4. The standard InChI is InChI=1S/C12H15BrN2O3/c1-7(2)6-14-12(18)15-10-4-3-8(11(16)17)5-9(10)13/h3-5,7H,6H2,1-2H3,(H,16,17)(H2,14,15,18). The summed E-state index contributed by atoms with van der Waals surface area (Å²) in [7, 11) is 0. The molecule has 0 bridgehead atoms. The van der Waals surface area contributed by atoms with Crippen molar-refractivity contribution in [1.29, 1.82) is 0 Å². The van der Waals surface area contributed by atoms with Gasteiger partial charge in [-0.05, 0) is 40.0 Å². The molecule has 0 saturated carbocycles. The van der Waals surface area contributed by atoms with Crippen LogP contribution in [0.1, 0.15) is 24.2 Å². The predicted octanol–water partition coefficient (Wildman–Crippen LogP) is 2.92. The fourth-order valence-corrected chi connectivity index (χ4v) is 1.69. The summed E-state index contributed by atoms with van der Waals surface area (Å²) in [6, 6.07) is 4.11. The van der Waals surface area contributed by atoms with Gasteiger partial charge >= 0.3 is 12.0 Å². The van der Waals surface area contributed by atoms with Crippen LogP contribution < -0.4 is 10.6 Å². The first-order chi connectivity index (χ1) is 8.40. The summed E-state index contributed by atoms with van der Waals surface area (Å²) >= 11 is 3.22. The molecule has 0 aromatic heterocycles. The molecule has 0 spiro atoms. The molecule has 0 unspecified atom stereocenters. The lowest BCUT2D eigenvalue weighted by Gasteiger charge is -2.11. The van der Waals surface area contributed by atoms with E-state index in [-0.39, 0.29) is 11.6 Å². The molecular weight excluding hydrogens is 300 g/mol. The number of carboxylic acids is 1. The number of halogens is 1. The number of nitrogens with one attached hydrogen (secondary N) is 2. The zero-order valence-corrected chi connectivity index (χ0v) is 11.7. The van der Waals surface area contributed by atoms with Gasteiger partial charge in [-0.15, -0.1) is 0 Å². The topological polar surface area (TPSA) is 78.4 Å². The number of hydrogen-bond donors (Lipinski definition) is 3. The Morgan fingerprint density at radius 1 is 1.39 bits per heavy atom. The summed E-state index contributed by atoms with van der Waals surface area (Å²) in [5.41, 5.74) is 0.691. The Hall–Kier alpha value is -1.56. The number of carbonyl (C=O) groups excluding carboxylic acids is 1. The van der Waals surface area contributed by atoms with Crippen molar-refractivity contribution < 1.29 is 14.7 Å². The number of amides is 2. The number of hydrogen-bond acceptors (Lipinski definition) is 2. The van der Waals surface area contributed by atoms with E-state index in [4.69, 9.17) is 5.11 Å². The highest BCUT2D eigenvalue weighted by Crippen LogP contribution is 2.23. The molecule has 1 rings (SSSR count). The molecule has 0 fully saturated rings. The third-order valence-corrected chi connectivity index (χ3v) is 2.79. The van der Waals surface area contributed by atoms with Crippen LogP contribution in [0.5, 0.6) is 0 Å². The van der Waals surface area contributed by atoms with Crippen LogP contribution in [-0.2, 0) is 0 Å². The summed E-state index contributed by atoms with van der Waals surface area (Å²) in [6.45, 7) is 4.58. The number of carbonyl (C=O) groups is 2. The highest BCUT2D eigenvalue weighted by molar-refractivity contribution is 9.10. The molecular formula is C12H15BrN2O3. The minimum absolute atomic E-state index is 0.162. The molecule has 0 radical (unpaired) electrons. The first-order valence-corrected chi connectivity index (χ1v) is 6.27. The number of urea groups is 1. The molecule has 6 heteroatoms. The van der Waals surface area contributed by atoms with Crippen LogP contribution in [-0.4, -0.2) is 23.7 Å². The number of carboxylic acid groups (broad SMARTS) is 1. The summed E-state index contributed by atoms with van der Waals surface area (Å²) < 4.78 is 0.530. The Morgan fingerprint density at radius 2 is 2.06 bits per heavy atom. The number of benzene rings is 1. The van der Waals surface area contributed by atoms with Crippen molar-refractivity contribution in [3.05, 3.63) is 28.2 Å². The van der Waals surface area contributed by atoms with E-state index in [9.17, 15) is 9.59 Å². The average Bonchev–Trinajstić information content (AvgIpc) is 2.29. The molecule has 1 aromatic rings. The molecule has 2 amide bonds. The van der Waals surface area contributed by atoms with Crippen LogP contribution in [0.3, 0.4) is 0 Å². The van der Waals surface area contributed by atoms with Gasteiger partial charge in [-0.3, -0.25) is 0 Å². The van der Waals surface area contributed by atoms with Gasteiger partial charge < -0.3 is 15.7 Å². The summed E-state index contributed by atoms with van der Waals surface area (Å²) in [5, 5.41) is 14.2. The zero-order valence-electron chi connectivity index (χ0n) is 10.2. The molecule has 0 aliphatic heterocycles. The van der Waals surface area contributed by atoms with Crippen LogP contribution >= 0.6 is 15.9 Å². The van der Waals surface area contributed by atoms with E-state index in [1.165, 1.54) is 12.1 Å². The van der Waals surface area contributed by atoms with Crippen LogP contribution in [0, 0.1) is 5.92 Å². The molecule has 3 N–H and O–H groups in total. The fourth-order valence-electron chi connectivity index (χ4n) is 1.21. The third kappa shape index (κ3) is 4.37. The Kier molecular flexibility index (Phi) is 5.15. The van der Waals surface area contributed by atoms with Crippen molar-refractivity contribution in [2.45, 2.75) is 13.8 Å². The Balaban J connectivity index is 2.68. The fraction of sp³-hybridized carbons (Fsp3) is 0.333. The van der Waals surface area contributed by atoms with E-state index in [0.29, 0.717) is 22.6 Å². The second-order valence-electron chi connectivity index (χ2n) is 4.23. The lowest BCUT2D eigenvalue weighted by atomic mass is 10.2. The highest BCUT2D eigenvalue weighted by atomic mass is 79.9. The maximum Gasteiger partial charge on any atom is 0.335 e. The Bertz CT molecular complexity index is 461. The quantitative estimate of drug-likeness (QED) is 0.799. The van der Waals surface area contributed by atoms with Crippen LogP contribution in [0.2, 0.25) is 0 Å².